The monoisotopic (exact) mass is 476 g/mol. The van der Waals surface area contributed by atoms with Gasteiger partial charge in [0.1, 0.15) is 0 Å². The molecule has 0 bridgehead atoms. The molecule has 0 unspecified atom stereocenters. The number of rotatable bonds is 13. The molecule has 0 aliphatic heterocycles. The van der Waals surface area contributed by atoms with Gasteiger partial charge in [0.05, 0.1) is 18.7 Å². The zero-order valence-electron chi connectivity index (χ0n) is 21.0. The summed E-state index contributed by atoms with van der Waals surface area (Å²) in [6, 6.07) is 15.1. The average molecular weight is 477 g/mol. The number of hydrogen-bond donors (Lipinski definition) is 1. The second kappa shape index (κ2) is 13.4. The Balaban J connectivity index is 1.87. The van der Waals surface area contributed by atoms with Gasteiger partial charge in [0.15, 0.2) is 5.75 Å². The molecule has 186 valence electrons. The SMILES string of the molecule is CCCCCCOc1c(OCCCC)c2ccc(NC(=O)C=Cc3ccccc3)cc2n(C)c1=O. The average Bonchev–Trinajstić information content (AvgIpc) is 2.87. The highest BCUT2D eigenvalue weighted by Crippen LogP contribution is 2.34. The van der Waals surface area contributed by atoms with Crippen LogP contribution in [-0.2, 0) is 11.8 Å². The van der Waals surface area contributed by atoms with Crippen molar-refractivity contribution in [2.75, 3.05) is 18.5 Å². The lowest BCUT2D eigenvalue weighted by molar-refractivity contribution is -0.111. The summed E-state index contributed by atoms with van der Waals surface area (Å²) in [6.07, 6.45) is 9.38. The summed E-state index contributed by atoms with van der Waals surface area (Å²) in [5, 5.41) is 3.66. The molecule has 6 heteroatoms. The number of hydrogen-bond acceptors (Lipinski definition) is 4. The van der Waals surface area contributed by atoms with Gasteiger partial charge in [0, 0.05) is 24.2 Å². The van der Waals surface area contributed by atoms with Gasteiger partial charge in [0.25, 0.3) is 5.56 Å². The minimum atomic E-state index is -0.246. The van der Waals surface area contributed by atoms with Crippen LogP contribution >= 0.6 is 0 Å². The van der Waals surface area contributed by atoms with Crippen LogP contribution in [0.4, 0.5) is 5.69 Å². The molecule has 0 aliphatic rings. The van der Waals surface area contributed by atoms with Gasteiger partial charge in [-0.3, -0.25) is 9.59 Å². The second-order valence-corrected chi connectivity index (χ2v) is 8.60. The van der Waals surface area contributed by atoms with Crippen LogP contribution < -0.4 is 20.3 Å². The van der Waals surface area contributed by atoms with Gasteiger partial charge in [-0.15, -0.1) is 0 Å². The van der Waals surface area contributed by atoms with Crippen LogP contribution in [0.15, 0.2) is 59.4 Å². The number of fused-ring (bicyclic) bond motifs is 1. The lowest BCUT2D eigenvalue weighted by Crippen LogP contribution is -2.22. The molecule has 1 N–H and O–H groups in total. The molecule has 1 heterocycles. The number of pyridine rings is 1. The molecular weight excluding hydrogens is 440 g/mol. The molecule has 1 amide bonds. The molecule has 0 fully saturated rings. The van der Waals surface area contributed by atoms with Crippen molar-refractivity contribution < 1.29 is 14.3 Å². The fraction of sp³-hybridized carbons (Fsp3) is 0.379. The molecule has 35 heavy (non-hydrogen) atoms. The van der Waals surface area contributed by atoms with Crippen LogP contribution in [0.1, 0.15) is 57.9 Å². The molecule has 3 rings (SSSR count). The fourth-order valence-electron chi connectivity index (χ4n) is 3.77. The second-order valence-electron chi connectivity index (χ2n) is 8.60. The molecule has 0 spiro atoms. The number of nitrogens with zero attached hydrogens (tertiary/aromatic N) is 1. The molecule has 0 saturated heterocycles. The predicted molar refractivity (Wildman–Crippen MR) is 143 cm³/mol. The molecule has 3 aromatic rings. The highest BCUT2D eigenvalue weighted by molar-refractivity contribution is 6.03. The van der Waals surface area contributed by atoms with E-state index in [1.165, 1.54) is 6.08 Å². The van der Waals surface area contributed by atoms with Gasteiger partial charge in [-0.1, -0.05) is 69.9 Å². The van der Waals surface area contributed by atoms with Gasteiger partial charge >= 0.3 is 0 Å². The Morgan fingerprint density at radius 1 is 0.914 bits per heavy atom. The molecule has 6 nitrogen and oxygen atoms in total. The number of anilines is 1. The number of unbranched alkanes of at least 4 members (excludes halogenated alkanes) is 4. The number of ether oxygens (including phenoxy) is 2. The van der Waals surface area contributed by atoms with E-state index in [0.29, 0.717) is 30.2 Å². The highest BCUT2D eigenvalue weighted by atomic mass is 16.5. The maximum Gasteiger partial charge on any atom is 0.297 e. The number of nitrogens with one attached hydrogen (secondary N) is 1. The summed E-state index contributed by atoms with van der Waals surface area (Å²) in [5.41, 5.74) is 1.97. The molecule has 1 aromatic heterocycles. The Morgan fingerprint density at radius 2 is 1.63 bits per heavy atom. The van der Waals surface area contributed by atoms with Crippen LogP contribution in [0.3, 0.4) is 0 Å². The van der Waals surface area contributed by atoms with Gasteiger partial charge in [0.2, 0.25) is 11.7 Å². The minimum absolute atomic E-state index is 0.244. The first kappa shape index (κ1) is 26.1. The van der Waals surface area contributed by atoms with E-state index in [4.69, 9.17) is 9.47 Å². The van der Waals surface area contributed by atoms with E-state index in [-0.39, 0.29) is 17.2 Å². The zero-order chi connectivity index (χ0) is 25.0. The summed E-state index contributed by atoms with van der Waals surface area (Å²) in [5.74, 6) is 0.494. The number of carbonyl (C=O) groups excluding carboxylic acids is 1. The molecule has 0 aliphatic carbocycles. The van der Waals surface area contributed by atoms with Crippen molar-refractivity contribution in [1.82, 2.24) is 4.57 Å². The van der Waals surface area contributed by atoms with Crippen LogP contribution in [-0.4, -0.2) is 23.7 Å². The smallest absolute Gasteiger partial charge is 0.297 e. The number of amides is 1. The Kier molecular flexibility index (Phi) is 9.96. The molecule has 0 saturated carbocycles. The summed E-state index contributed by atoms with van der Waals surface area (Å²) < 4.78 is 13.6. The third kappa shape index (κ3) is 7.22. The Bertz CT molecular complexity index is 1200. The van der Waals surface area contributed by atoms with Crippen molar-refractivity contribution in [3.63, 3.8) is 0 Å². The van der Waals surface area contributed by atoms with Crippen molar-refractivity contribution in [2.45, 2.75) is 52.4 Å². The van der Waals surface area contributed by atoms with E-state index in [2.05, 4.69) is 19.2 Å². The zero-order valence-corrected chi connectivity index (χ0v) is 21.0. The Labute approximate surface area is 207 Å². The number of aryl methyl sites for hydroxylation is 1. The van der Waals surface area contributed by atoms with Crippen LogP contribution in [0.25, 0.3) is 17.0 Å². The van der Waals surface area contributed by atoms with E-state index < -0.39 is 0 Å². The lowest BCUT2D eigenvalue weighted by Gasteiger charge is -2.17. The molecule has 0 radical (unpaired) electrons. The van der Waals surface area contributed by atoms with Crippen molar-refractivity contribution >= 4 is 28.6 Å². The van der Waals surface area contributed by atoms with E-state index >= 15 is 0 Å². The summed E-state index contributed by atoms with van der Waals surface area (Å²) >= 11 is 0. The Hall–Kier alpha value is -3.54. The van der Waals surface area contributed by atoms with Gasteiger partial charge in [-0.25, -0.2) is 0 Å². The molecule has 0 atom stereocenters. The minimum Gasteiger partial charge on any atom is -0.489 e. The van der Waals surface area contributed by atoms with E-state index in [1.54, 1.807) is 23.8 Å². The maximum atomic E-state index is 13.2. The summed E-state index contributed by atoms with van der Waals surface area (Å²) in [7, 11) is 1.71. The first-order valence-electron chi connectivity index (χ1n) is 12.5. The van der Waals surface area contributed by atoms with Crippen molar-refractivity contribution in [3.05, 3.63) is 70.5 Å². The van der Waals surface area contributed by atoms with E-state index in [1.807, 2.05) is 42.5 Å². The topological polar surface area (TPSA) is 69.6 Å². The summed E-state index contributed by atoms with van der Waals surface area (Å²) in [6.45, 7) is 5.24. The van der Waals surface area contributed by atoms with Crippen molar-refractivity contribution in [1.29, 1.82) is 0 Å². The maximum absolute atomic E-state index is 13.2. The van der Waals surface area contributed by atoms with Gasteiger partial charge in [-0.2, -0.15) is 0 Å². The van der Waals surface area contributed by atoms with Crippen molar-refractivity contribution in [2.24, 2.45) is 7.05 Å². The fourth-order valence-corrected chi connectivity index (χ4v) is 3.77. The molecule has 2 aromatic carbocycles. The standard InChI is InChI=1S/C29H36N2O4/c1-4-6-8-12-20-35-28-27(34-19-7-5-2)24-17-16-23(21-25(24)31(3)29(28)33)30-26(32)18-15-22-13-10-9-11-14-22/h9-11,13-18,21H,4-8,12,19-20H2,1-3H3,(H,30,32). The van der Waals surface area contributed by atoms with Crippen molar-refractivity contribution in [3.8, 4) is 11.5 Å². The third-order valence-electron chi connectivity index (χ3n) is 5.79. The first-order chi connectivity index (χ1) is 17.0. The van der Waals surface area contributed by atoms with Crippen LogP contribution in [0.5, 0.6) is 11.5 Å². The van der Waals surface area contributed by atoms with Crippen LogP contribution in [0.2, 0.25) is 0 Å². The number of aromatic nitrogens is 1. The van der Waals surface area contributed by atoms with E-state index in [9.17, 15) is 9.59 Å². The quantitative estimate of drug-likeness (QED) is 0.231. The largest absolute Gasteiger partial charge is 0.489 e. The Morgan fingerprint density at radius 3 is 2.37 bits per heavy atom. The third-order valence-corrected chi connectivity index (χ3v) is 5.79. The van der Waals surface area contributed by atoms with Crippen LogP contribution in [0, 0.1) is 0 Å². The predicted octanol–water partition coefficient (Wildman–Crippen LogP) is 6.33. The van der Waals surface area contributed by atoms with Gasteiger partial charge in [-0.05, 0) is 42.7 Å². The molecular formula is C29H36N2O4. The summed E-state index contributed by atoms with van der Waals surface area (Å²) in [4.78, 5) is 25.7. The number of carbonyl (C=O) groups is 1. The van der Waals surface area contributed by atoms with Gasteiger partial charge < -0.3 is 19.4 Å². The first-order valence-corrected chi connectivity index (χ1v) is 12.5. The highest BCUT2D eigenvalue weighted by Gasteiger charge is 2.19. The lowest BCUT2D eigenvalue weighted by atomic mass is 10.1. The van der Waals surface area contributed by atoms with E-state index in [0.717, 1.165) is 49.5 Å². The normalized spacial score (nSPS) is 11.2. The number of benzene rings is 2.